The van der Waals surface area contributed by atoms with Crippen LogP contribution in [-0.2, 0) is 24.3 Å². The van der Waals surface area contributed by atoms with Crippen LogP contribution >= 0.6 is 0 Å². The van der Waals surface area contributed by atoms with Gasteiger partial charge in [-0.1, -0.05) is 18.2 Å². The minimum absolute atomic E-state index is 0. The number of hydrogen-bond acceptors (Lipinski definition) is 6. The molecule has 41 heavy (non-hydrogen) atoms. The predicted molar refractivity (Wildman–Crippen MR) is 142 cm³/mol. The molecule has 0 heterocycles. The van der Waals surface area contributed by atoms with Gasteiger partial charge in [0.2, 0.25) is 5.91 Å². The third-order valence-corrected chi connectivity index (χ3v) is 7.75. The maximum Gasteiger partial charge on any atom is 0.432 e. The Morgan fingerprint density at radius 2 is 1.49 bits per heavy atom. The molecule has 3 amide bonds. The van der Waals surface area contributed by atoms with E-state index in [9.17, 15) is 22.8 Å². The van der Waals surface area contributed by atoms with Crippen LogP contribution < -0.4 is 63.2 Å². The quantitative estimate of drug-likeness (QED) is 0.168. The number of benzene rings is 3. The lowest BCUT2D eigenvalue weighted by Gasteiger charge is -2.23. The van der Waals surface area contributed by atoms with Crippen LogP contribution in [0.25, 0.3) is 10.8 Å². The first kappa shape index (κ1) is 38.0. The lowest BCUT2D eigenvalue weighted by atomic mass is 9.93. The third kappa shape index (κ3) is 8.52. The first-order valence-electron chi connectivity index (χ1n) is 11.9. The minimum Gasteiger partial charge on any atom is -1.00 e. The van der Waals surface area contributed by atoms with Crippen LogP contribution in [0, 0.1) is 5.41 Å². The zero-order valence-electron chi connectivity index (χ0n) is 23.0. The summed E-state index contributed by atoms with van der Waals surface area (Å²) < 4.78 is 33.2. The maximum atomic E-state index is 13.8. The largest absolute Gasteiger partial charge is 1.00 e. The smallest absolute Gasteiger partial charge is 0.432 e. The summed E-state index contributed by atoms with van der Waals surface area (Å²) in [6, 6.07) is 15.2. The number of carbonyl (C=O) groups excluding carboxylic acids is 3. The Morgan fingerprint density at radius 3 is 2.02 bits per heavy atom. The molecule has 0 aromatic heterocycles. The van der Waals surface area contributed by atoms with E-state index in [1.807, 2.05) is 26.2 Å². The summed E-state index contributed by atoms with van der Waals surface area (Å²) in [6.07, 6.45) is 0. The zero-order chi connectivity index (χ0) is 28.3. The van der Waals surface area contributed by atoms with E-state index in [2.05, 4.69) is 16.8 Å². The summed E-state index contributed by atoms with van der Waals surface area (Å²) >= 11 is 0. The Morgan fingerprint density at radius 1 is 0.927 bits per heavy atom. The summed E-state index contributed by atoms with van der Waals surface area (Å²) in [5, 5.41) is 3.96. The summed E-state index contributed by atoms with van der Waals surface area (Å²) in [4.78, 5) is 37.6. The fraction of sp³-hybridized carbons (Fsp3) is 0.269. The van der Waals surface area contributed by atoms with Gasteiger partial charge >= 0.3 is 12.0 Å². The van der Waals surface area contributed by atoms with Crippen LogP contribution in [0.1, 0.15) is 13.8 Å². The number of sulfonamides is 1. The van der Waals surface area contributed by atoms with Crippen LogP contribution in [0.15, 0.2) is 65.6 Å². The monoisotopic (exact) mass is 649 g/mol. The molecule has 11 nitrogen and oxygen atoms in total. The van der Waals surface area contributed by atoms with Gasteiger partial charge in [-0.25, -0.2) is 18.0 Å². The molecule has 15 heteroatoms. The number of carbonyl (C=O) groups is 3. The summed E-state index contributed by atoms with van der Waals surface area (Å²) in [5.41, 5.74) is 7.14. The topological polar surface area (TPSA) is 170 Å². The lowest BCUT2D eigenvalue weighted by Crippen LogP contribution is -3.00. The number of nitrogens with one attached hydrogen (secondary N) is 2. The number of amides is 3. The standard InChI is InChI=1S/C26H31N5O6S.3ClH/c1-26(2,16-37-23(32)15-27)24(33)29-17-11-13-18(14-12-17)31(25(28)34)38(35,36)22-10-6-7-19-20(22)8-5-9-21(19)30(3)4;;;/h5-14H,15-16,27H2,1-4H3,(H2,28,34)(H,29,33);3*1H. The highest BCUT2D eigenvalue weighted by atomic mass is 35.5. The molecule has 3 aromatic carbocycles. The first-order valence-corrected chi connectivity index (χ1v) is 13.3. The van der Waals surface area contributed by atoms with Crippen LogP contribution in [-0.4, -0.2) is 53.6 Å². The minimum atomic E-state index is -4.33. The Bertz CT molecular complexity index is 1480. The number of anilines is 2. The van der Waals surface area contributed by atoms with Crippen LogP contribution in [0.3, 0.4) is 0 Å². The van der Waals surface area contributed by atoms with Gasteiger partial charge in [0, 0.05) is 16.5 Å². The molecule has 0 aliphatic heterocycles. The fourth-order valence-corrected chi connectivity index (χ4v) is 5.41. The van der Waals surface area contributed by atoms with Gasteiger partial charge in [0.25, 0.3) is 10.0 Å². The molecule has 0 atom stereocenters. The Kier molecular flexibility index (Phi) is 14.2. The average molecular weight is 651 g/mol. The molecule has 0 aliphatic rings. The molecule has 3 rings (SSSR count). The van der Waals surface area contributed by atoms with E-state index >= 15 is 0 Å². The van der Waals surface area contributed by atoms with Crippen molar-refractivity contribution in [3.8, 4) is 0 Å². The molecule has 0 radical (unpaired) electrons. The van der Waals surface area contributed by atoms with Gasteiger partial charge in [-0.15, -0.1) is 0 Å². The van der Waals surface area contributed by atoms with Crippen LogP contribution in [0.5, 0.6) is 0 Å². The molecule has 3 aromatic rings. The second-order valence-electron chi connectivity index (χ2n) is 9.62. The molecular formula is C26H34Cl3N5O6S. The fourth-order valence-electron chi connectivity index (χ4n) is 3.84. The number of halogens is 3. The van der Waals surface area contributed by atoms with Gasteiger partial charge < -0.3 is 57.9 Å². The van der Waals surface area contributed by atoms with Gasteiger partial charge in [0.15, 0.2) is 6.54 Å². The Balaban J connectivity index is 0.00000533. The predicted octanol–water partition coefficient (Wildman–Crippen LogP) is -9.07. The normalized spacial score (nSPS) is 11.0. The van der Waals surface area contributed by atoms with Crippen LogP contribution in [0.4, 0.5) is 21.9 Å². The molecule has 0 saturated heterocycles. The summed E-state index contributed by atoms with van der Waals surface area (Å²) in [7, 11) is -0.443. The van der Waals surface area contributed by atoms with Crippen molar-refractivity contribution < 1.29 is 81.1 Å². The second-order valence-corrected chi connectivity index (χ2v) is 11.4. The molecule has 226 valence electrons. The highest BCUT2D eigenvalue weighted by molar-refractivity contribution is 7.93. The molecule has 0 spiro atoms. The molecule has 8 N–H and O–H groups in total. The van der Waals surface area contributed by atoms with Crippen molar-refractivity contribution in [1.29, 1.82) is 0 Å². The number of rotatable bonds is 9. The van der Waals surface area contributed by atoms with E-state index in [4.69, 9.17) is 4.74 Å². The summed E-state index contributed by atoms with van der Waals surface area (Å²) in [5.74, 6) is -0.922. The van der Waals surface area contributed by atoms with Gasteiger partial charge in [-0.05, 0) is 56.3 Å². The van der Waals surface area contributed by atoms with Crippen molar-refractivity contribution in [3.05, 3.63) is 60.7 Å². The van der Waals surface area contributed by atoms with Crippen LogP contribution in [0.2, 0.25) is 0 Å². The number of nitrogens with zero attached hydrogens (tertiary/aromatic N) is 1. The van der Waals surface area contributed by atoms with E-state index in [1.54, 1.807) is 32.0 Å². The van der Waals surface area contributed by atoms with Crippen molar-refractivity contribution in [2.24, 2.45) is 5.41 Å². The molecule has 0 aliphatic carbocycles. The second kappa shape index (κ2) is 15.3. The highest BCUT2D eigenvalue weighted by Crippen LogP contribution is 2.32. The third-order valence-electron chi connectivity index (χ3n) is 5.94. The number of urea groups is 1. The van der Waals surface area contributed by atoms with E-state index in [1.165, 1.54) is 30.3 Å². The molecular weight excluding hydrogens is 617 g/mol. The summed E-state index contributed by atoms with van der Waals surface area (Å²) in [6.45, 7) is 3.07. The van der Waals surface area contributed by atoms with Gasteiger partial charge in [-0.2, -0.15) is 4.31 Å². The zero-order valence-corrected chi connectivity index (χ0v) is 26.1. The maximum absolute atomic E-state index is 13.8. The number of ether oxygens (including phenoxy) is 1. The van der Waals surface area contributed by atoms with Gasteiger partial charge in [-0.3, -0.25) is 10.5 Å². The highest BCUT2D eigenvalue weighted by Gasteiger charge is 2.34. The average Bonchev–Trinajstić information content (AvgIpc) is 2.87. The van der Waals surface area contributed by atoms with Crippen molar-refractivity contribution in [2.75, 3.05) is 36.9 Å². The number of esters is 1. The number of hydrogen-bond donors (Lipinski definition) is 4. The van der Waals surface area contributed by atoms with Crippen molar-refractivity contribution >= 4 is 55.8 Å². The Labute approximate surface area is 257 Å². The van der Waals surface area contributed by atoms with Gasteiger partial charge in [0.05, 0.1) is 30.1 Å². The number of fused-ring (bicyclic) bond motifs is 1. The first-order chi connectivity index (χ1) is 17.8. The van der Waals surface area contributed by atoms with E-state index in [0.29, 0.717) is 15.4 Å². The van der Waals surface area contributed by atoms with E-state index < -0.39 is 33.3 Å². The van der Waals surface area contributed by atoms with E-state index in [0.717, 1.165) is 16.0 Å². The number of quaternary nitrogens is 3. The molecule has 0 fully saturated rings. The molecule has 0 unspecified atom stereocenters. The Hall–Kier alpha value is -2.97. The SMILES string of the molecule is C[NH+](C)c1cccc2c(S(=O)(=O)N(C([NH3+])=O)c3ccc(NC(=O)C(C)(C)COC(=O)C[NH3+])cc3)cccc12.[Cl-].[Cl-].[Cl-]. The van der Waals surface area contributed by atoms with Crippen molar-refractivity contribution in [2.45, 2.75) is 18.7 Å². The molecule has 0 bridgehead atoms. The van der Waals surface area contributed by atoms with Crippen molar-refractivity contribution in [3.63, 3.8) is 0 Å². The van der Waals surface area contributed by atoms with E-state index in [-0.39, 0.29) is 61.0 Å². The lowest BCUT2D eigenvalue weighted by molar-refractivity contribution is -0.785. The van der Waals surface area contributed by atoms with Gasteiger partial charge in [0.1, 0.15) is 12.3 Å². The van der Waals surface area contributed by atoms with Crippen molar-refractivity contribution in [1.82, 2.24) is 0 Å². The molecule has 0 saturated carbocycles.